The lowest BCUT2D eigenvalue weighted by Crippen LogP contribution is -2.18. The van der Waals surface area contributed by atoms with Crippen LogP contribution >= 0.6 is 0 Å². The standard InChI is InChI=1S/C15H17N7O/c16-14(22-23)11-5-8-19-15-13(11)20-12(21-15)9-17-7-4-10-3-1-2-6-18-10/h1-3,5-6,8,17,23H,4,7,9H2,(H2,16,22)(H,19,20,21). The molecule has 3 aromatic heterocycles. The summed E-state index contributed by atoms with van der Waals surface area (Å²) in [4.78, 5) is 16.0. The van der Waals surface area contributed by atoms with Crippen LogP contribution in [0, 0.1) is 0 Å². The number of aromatic nitrogens is 4. The molecule has 0 aromatic carbocycles. The Morgan fingerprint density at radius 3 is 2.96 bits per heavy atom. The molecule has 0 spiro atoms. The number of fused-ring (bicyclic) bond motifs is 1. The summed E-state index contributed by atoms with van der Waals surface area (Å²) in [6.45, 7) is 1.35. The molecule has 0 fully saturated rings. The first-order chi connectivity index (χ1) is 11.3. The lowest BCUT2D eigenvalue weighted by molar-refractivity contribution is 0.318. The van der Waals surface area contributed by atoms with Gasteiger partial charge in [0.2, 0.25) is 0 Å². The van der Waals surface area contributed by atoms with Crippen molar-refractivity contribution in [2.45, 2.75) is 13.0 Å². The lowest BCUT2D eigenvalue weighted by Gasteiger charge is -2.02. The summed E-state index contributed by atoms with van der Waals surface area (Å²) in [5, 5.41) is 15.2. The summed E-state index contributed by atoms with van der Waals surface area (Å²) in [6, 6.07) is 7.54. The Balaban J connectivity index is 1.65. The monoisotopic (exact) mass is 311 g/mol. The van der Waals surface area contributed by atoms with Crippen molar-refractivity contribution in [3.63, 3.8) is 0 Å². The van der Waals surface area contributed by atoms with Gasteiger partial charge in [-0.15, -0.1) is 0 Å². The number of hydrogen-bond acceptors (Lipinski definition) is 6. The minimum atomic E-state index is 0.0238. The van der Waals surface area contributed by atoms with Crippen molar-refractivity contribution >= 4 is 17.0 Å². The molecule has 0 aliphatic heterocycles. The van der Waals surface area contributed by atoms with Gasteiger partial charge in [-0.25, -0.2) is 9.97 Å². The molecule has 0 amide bonds. The summed E-state index contributed by atoms with van der Waals surface area (Å²) in [5.41, 5.74) is 8.47. The van der Waals surface area contributed by atoms with Gasteiger partial charge in [-0.2, -0.15) is 0 Å². The number of amidine groups is 1. The maximum absolute atomic E-state index is 8.83. The number of oxime groups is 1. The molecule has 118 valence electrons. The third-order valence-corrected chi connectivity index (χ3v) is 3.40. The van der Waals surface area contributed by atoms with Crippen LogP contribution in [0.5, 0.6) is 0 Å². The smallest absolute Gasteiger partial charge is 0.178 e. The number of imidazole rings is 1. The van der Waals surface area contributed by atoms with Gasteiger partial charge in [-0.1, -0.05) is 11.2 Å². The zero-order valence-electron chi connectivity index (χ0n) is 12.4. The molecule has 0 radical (unpaired) electrons. The van der Waals surface area contributed by atoms with Gasteiger partial charge in [0, 0.05) is 36.6 Å². The number of rotatable bonds is 6. The van der Waals surface area contributed by atoms with Gasteiger partial charge in [0.1, 0.15) is 5.82 Å². The van der Waals surface area contributed by atoms with E-state index >= 15 is 0 Å². The highest BCUT2D eigenvalue weighted by molar-refractivity contribution is 6.05. The fourth-order valence-electron chi connectivity index (χ4n) is 2.28. The number of pyridine rings is 2. The fourth-order valence-corrected chi connectivity index (χ4v) is 2.28. The van der Waals surface area contributed by atoms with E-state index < -0.39 is 0 Å². The van der Waals surface area contributed by atoms with E-state index in [2.05, 4.69) is 30.4 Å². The van der Waals surface area contributed by atoms with Crippen LogP contribution in [0.2, 0.25) is 0 Å². The molecule has 8 nitrogen and oxygen atoms in total. The largest absolute Gasteiger partial charge is 0.409 e. The second-order valence-electron chi connectivity index (χ2n) is 4.97. The van der Waals surface area contributed by atoms with Gasteiger partial charge in [-0.3, -0.25) is 4.98 Å². The Morgan fingerprint density at radius 2 is 2.17 bits per heavy atom. The highest BCUT2D eigenvalue weighted by Crippen LogP contribution is 2.14. The molecule has 0 atom stereocenters. The van der Waals surface area contributed by atoms with E-state index in [1.165, 1.54) is 0 Å². The highest BCUT2D eigenvalue weighted by Gasteiger charge is 2.11. The van der Waals surface area contributed by atoms with E-state index in [-0.39, 0.29) is 5.84 Å². The van der Waals surface area contributed by atoms with E-state index in [0.29, 0.717) is 23.3 Å². The van der Waals surface area contributed by atoms with E-state index in [1.54, 1.807) is 18.5 Å². The molecular formula is C15H17N7O. The summed E-state index contributed by atoms with van der Waals surface area (Å²) in [6.07, 6.45) is 4.21. The quantitative estimate of drug-likeness (QED) is 0.175. The fraction of sp³-hybridized carbons (Fsp3) is 0.200. The number of H-pyrrole nitrogens is 1. The van der Waals surface area contributed by atoms with E-state index in [9.17, 15) is 0 Å². The van der Waals surface area contributed by atoms with E-state index in [1.807, 2.05) is 18.2 Å². The molecule has 0 bridgehead atoms. The number of nitrogens with two attached hydrogens (primary N) is 1. The Bertz CT molecular complexity index is 813. The van der Waals surface area contributed by atoms with Crippen molar-refractivity contribution in [2.24, 2.45) is 10.9 Å². The first-order valence-corrected chi connectivity index (χ1v) is 7.20. The molecule has 23 heavy (non-hydrogen) atoms. The van der Waals surface area contributed by atoms with Gasteiger partial charge in [-0.05, 0) is 18.2 Å². The SMILES string of the molecule is N/C(=N\O)c1ccnc2nc(CNCCc3ccccn3)[nH]c12. The van der Waals surface area contributed by atoms with Crippen molar-refractivity contribution in [1.82, 2.24) is 25.3 Å². The minimum Gasteiger partial charge on any atom is -0.409 e. The minimum absolute atomic E-state index is 0.0238. The Hall–Kier alpha value is -3.00. The molecule has 0 aliphatic carbocycles. The molecule has 8 heteroatoms. The third kappa shape index (κ3) is 3.43. The van der Waals surface area contributed by atoms with Crippen LogP contribution in [0.15, 0.2) is 41.8 Å². The van der Waals surface area contributed by atoms with Gasteiger partial charge in [0.25, 0.3) is 0 Å². The van der Waals surface area contributed by atoms with Crippen molar-refractivity contribution in [2.75, 3.05) is 6.54 Å². The highest BCUT2D eigenvalue weighted by atomic mass is 16.4. The van der Waals surface area contributed by atoms with Crippen LogP contribution in [-0.2, 0) is 13.0 Å². The molecular weight excluding hydrogens is 294 g/mol. The first-order valence-electron chi connectivity index (χ1n) is 7.20. The zero-order chi connectivity index (χ0) is 16.1. The third-order valence-electron chi connectivity index (χ3n) is 3.40. The Labute approximate surface area is 132 Å². The van der Waals surface area contributed by atoms with Gasteiger partial charge >= 0.3 is 0 Å². The van der Waals surface area contributed by atoms with Crippen LogP contribution in [-0.4, -0.2) is 37.5 Å². The van der Waals surface area contributed by atoms with E-state index in [0.717, 1.165) is 24.5 Å². The maximum Gasteiger partial charge on any atom is 0.178 e. The number of aromatic amines is 1. The van der Waals surface area contributed by atoms with Crippen molar-refractivity contribution in [1.29, 1.82) is 0 Å². The topological polar surface area (TPSA) is 125 Å². The Kier molecular flexibility index (Phi) is 4.44. The Morgan fingerprint density at radius 1 is 1.26 bits per heavy atom. The van der Waals surface area contributed by atoms with Crippen LogP contribution in [0.3, 0.4) is 0 Å². The average molecular weight is 311 g/mol. The predicted molar refractivity (Wildman–Crippen MR) is 86.0 cm³/mol. The first kappa shape index (κ1) is 14.9. The van der Waals surface area contributed by atoms with Crippen molar-refractivity contribution in [3.05, 3.63) is 53.7 Å². The van der Waals surface area contributed by atoms with Gasteiger partial charge in [0.15, 0.2) is 11.5 Å². The summed E-state index contributed by atoms with van der Waals surface area (Å²) < 4.78 is 0. The summed E-state index contributed by atoms with van der Waals surface area (Å²) in [7, 11) is 0. The second-order valence-corrected chi connectivity index (χ2v) is 4.97. The van der Waals surface area contributed by atoms with Crippen molar-refractivity contribution < 1.29 is 5.21 Å². The molecule has 3 heterocycles. The molecule has 0 unspecified atom stereocenters. The van der Waals surface area contributed by atoms with Gasteiger partial charge in [0.05, 0.1) is 12.1 Å². The van der Waals surface area contributed by atoms with Crippen molar-refractivity contribution in [3.8, 4) is 0 Å². The molecule has 0 saturated carbocycles. The lowest BCUT2D eigenvalue weighted by atomic mass is 10.2. The predicted octanol–water partition coefficient (Wildman–Crippen LogP) is 0.780. The number of hydrogen-bond donors (Lipinski definition) is 4. The average Bonchev–Trinajstić information content (AvgIpc) is 3.02. The van der Waals surface area contributed by atoms with Gasteiger partial charge < -0.3 is 21.2 Å². The molecule has 5 N–H and O–H groups in total. The van der Waals surface area contributed by atoms with Crippen LogP contribution in [0.4, 0.5) is 0 Å². The molecule has 0 aliphatic rings. The summed E-state index contributed by atoms with van der Waals surface area (Å²) in [5.74, 6) is 0.766. The number of nitrogens with zero attached hydrogens (tertiary/aromatic N) is 4. The van der Waals surface area contributed by atoms with Crippen LogP contribution in [0.25, 0.3) is 11.2 Å². The normalized spacial score (nSPS) is 11.9. The summed E-state index contributed by atoms with van der Waals surface area (Å²) >= 11 is 0. The second kappa shape index (κ2) is 6.84. The van der Waals surface area contributed by atoms with Crippen LogP contribution < -0.4 is 11.1 Å². The molecule has 3 rings (SSSR count). The molecule has 3 aromatic rings. The van der Waals surface area contributed by atoms with E-state index in [4.69, 9.17) is 10.9 Å². The maximum atomic E-state index is 8.83. The zero-order valence-corrected chi connectivity index (χ0v) is 12.4. The number of nitrogens with one attached hydrogen (secondary N) is 2. The van der Waals surface area contributed by atoms with Crippen LogP contribution in [0.1, 0.15) is 17.1 Å². The molecule has 0 saturated heterocycles.